The molecule has 1 N–H and O–H groups in total. The van der Waals surface area contributed by atoms with Crippen molar-refractivity contribution in [2.75, 3.05) is 13.7 Å². The monoisotopic (exact) mass is 413 g/mol. The van der Waals surface area contributed by atoms with Gasteiger partial charge in [0.05, 0.1) is 12.2 Å². The predicted molar refractivity (Wildman–Crippen MR) is 107 cm³/mol. The molecular formula is C24H28FNO4. The maximum absolute atomic E-state index is 15.0. The Morgan fingerprint density at radius 1 is 1.20 bits per heavy atom. The molecule has 6 fully saturated rings. The number of carboxylic acids is 1. The van der Waals surface area contributed by atoms with Crippen LogP contribution < -0.4 is 4.74 Å². The summed E-state index contributed by atoms with van der Waals surface area (Å²) in [5.74, 6) is 1.19. The fourth-order valence-electron chi connectivity index (χ4n) is 6.89. The van der Waals surface area contributed by atoms with Gasteiger partial charge in [0, 0.05) is 18.5 Å². The van der Waals surface area contributed by atoms with Crippen molar-refractivity contribution in [3.63, 3.8) is 0 Å². The van der Waals surface area contributed by atoms with Gasteiger partial charge in [0.1, 0.15) is 17.1 Å². The second-order valence-electron chi connectivity index (χ2n) is 10.6. The number of rotatable bonds is 7. The SMILES string of the molecule is CN(C(=O)c1cc(C2CC2)c(OCC23CC4CC2CC4C3)cc1F)C1(C(=O)O)CC1. The standard InChI is InChI=1S/C24H28FNO4/c1-26(24(4-5-24)22(28)29)21(27)18-8-17(13-2-3-13)20(9-19(18)25)30-12-23-10-14-6-16(23)7-15(14)11-23/h8-9,13-16H,2-7,10-12H2,1H3,(H,28,29). The molecule has 6 aliphatic carbocycles. The Morgan fingerprint density at radius 2 is 1.87 bits per heavy atom. The van der Waals surface area contributed by atoms with Crippen LogP contribution in [0.1, 0.15) is 73.2 Å². The first-order valence-corrected chi connectivity index (χ1v) is 11.3. The Kier molecular flexibility index (Phi) is 3.72. The van der Waals surface area contributed by atoms with Gasteiger partial charge in [-0.15, -0.1) is 0 Å². The van der Waals surface area contributed by atoms with Crippen LogP contribution in [0.4, 0.5) is 4.39 Å². The van der Waals surface area contributed by atoms with Crippen LogP contribution in [0.15, 0.2) is 12.1 Å². The van der Waals surface area contributed by atoms with Gasteiger partial charge in [0.2, 0.25) is 0 Å². The average molecular weight is 413 g/mol. The van der Waals surface area contributed by atoms with Crippen molar-refractivity contribution in [1.29, 1.82) is 0 Å². The lowest BCUT2D eigenvalue weighted by atomic mass is 9.82. The first-order chi connectivity index (χ1) is 14.3. The van der Waals surface area contributed by atoms with E-state index in [1.165, 1.54) is 43.7 Å². The second kappa shape index (κ2) is 5.98. The molecule has 0 saturated heterocycles. The number of carbonyl (C=O) groups excluding carboxylic acids is 1. The lowest BCUT2D eigenvalue weighted by Gasteiger charge is -2.29. The summed E-state index contributed by atoms with van der Waals surface area (Å²) >= 11 is 0. The Balaban J connectivity index is 1.26. The molecule has 6 heteroatoms. The van der Waals surface area contributed by atoms with Gasteiger partial charge in [-0.3, -0.25) is 4.79 Å². The summed E-state index contributed by atoms with van der Waals surface area (Å²) < 4.78 is 21.3. The number of hydrogen-bond acceptors (Lipinski definition) is 3. The zero-order valence-corrected chi connectivity index (χ0v) is 17.3. The van der Waals surface area contributed by atoms with Gasteiger partial charge < -0.3 is 14.7 Å². The number of aliphatic carboxylic acids is 1. The highest BCUT2D eigenvalue weighted by Crippen LogP contribution is 2.70. The van der Waals surface area contributed by atoms with Crippen LogP contribution in [-0.4, -0.2) is 41.1 Å². The lowest BCUT2D eigenvalue weighted by molar-refractivity contribution is -0.143. The van der Waals surface area contributed by atoms with E-state index in [0.29, 0.717) is 31.1 Å². The molecule has 1 aromatic rings. The molecule has 2 unspecified atom stereocenters. The molecule has 1 aromatic carbocycles. The summed E-state index contributed by atoms with van der Waals surface area (Å²) in [5.41, 5.74) is -0.0350. The predicted octanol–water partition coefficient (Wildman–Crippen LogP) is 4.21. The van der Waals surface area contributed by atoms with E-state index in [-0.39, 0.29) is 11.0 Å². The summed E-state index contributed by atoms with van der Waals surface area (Å²) in [5, 5.41) is 9.48. The molecule has 6 aliphatic rings. The van der Waals surface area contributed by atoms with Crippen molar-refractivity contribution in [1.82, 2.24) is 4.90 Å². The minimum atomic E-state index is -1.18. The number of benzene rings is 1. The normalized spacial score (nSPS) is 34.4. The van der Waals surface area contributed by atoms with Crippen molar-refractivity contribution < 1.29 is 23.8 Å². The van der Waals surface area contributed by atoms with E-state index in [1.807, 2.05) is 0 Å². The molecule has 0 radical (unpaired) electrons. The molecule has 4 bridgehead atoms. The van der Waals surface area contributed by atoms with E-state index in [1.54, 1.807) is 6.07 Å². The van der Waals surface area contributed by atoms with E-state index in [9.17, 15) is 14.7 Å². The van der Waals surface area contributed by atoms with Gasteiger partial charge >= 0.3 is 5.97 Å². The number of halogens is 1. The highest BCUT2D eigenvalue weighted by molar-refractivity contribution is 5.99. The third-order valence-electron chi connectivity index (χ3n) is 8.98. The summed E-state index contributed by atoms with van der Waals surface area (Å²) in [6.07, 6.45) is 8.03. The molecule has 160 valence electrons. The fourth-order valence-corrected chi connectivity index (χ4v) is 6.89. The van der Waals surface area contributed by atoms with Gasteiger partial charge in [-0.2, -0.15) is 0 Å². The van der Waals surface area contributed by atoms with Gasteiger partial charge in [-0.25, -0.2) is 9.18 Å². The van der Waals surface area contributed by atoms with Crippen molar-refractivity contribution in [3.05, 3.63) is 29.1 Å². The minimum absolute atomic E-state index is 0.0403. The molecule has 0 spiro atoms. The molecule has 30 heavy (non-hydrogen) atoms. The Hall–Kier alpha value is -2.11. The maximum Gasteiger partial charge on any atom is 0.329 e. The summed E-state index contributed by atoms with van der Waals surface area (Å²) in [6.45, 7) is 0.652. The highest BCUT2D eigenvalue weighted by Gasteiger charge is 2.63. The van der Waals surface area contributed by atoms with Gasteiger partial charge in [-0.05, 0) is 86.7 Å². The summed E-state index contributed by atoms with van der Waals surface area (Å²) in [7, 11) is 1.46. The van der Waals surface area contributed by atoms with E-state index < -0.39 is 23.2 Å². The Bertz CT molecular complexity index is 937. The van der Waals surface area contributed by atoms with Crippen molar-refractivity contribution in [2.24, 2.45) is 23.2 Å². The largest absolute Gasteiger partial charge is 0.493 e. The number of amides is 1. The molecular weight excluding hydrogens is 385 g/mol. The van der Waals surface area contributed by atoms with Gasteiger partial charge in [0.25, 0.3) is 5.91 Å². The number of hydrogen-bond donors (Lipinski definition) is 1. The average Bonchev–Trinajstić information content (AvgIpc) is 3.60. The van der Waals surface area contributed by atoms with Crippen LogP contribution in [0.2, 0.25) is 0 Å². The zero-order valence-electron chi connectivity index (χ0n) is 17.3. The van der Waals surface area contributed by atoms with Gasteiger partial charge in [0.15, 0.2) is 0 Å². The van der Waals surface area contributed by atoms with Crippen LogP contribution >= 0.6 is 0 Å². The third kappa shape index (κ3) is 2.51. The Morgan fingerprint density at radius 3 is 2.37 bits per heavy atom. The van der Waals surface area contributed by atoms with Crippen LogP contribution in [0.25, 0.3) is 0 Å². The Labute approximate surface area is 175 Å². The molecule has 7 rings (SSSR count). The minimum Gasteiger partial charge on any atom is -0.493 e. The fraction of sp³-hybridized carbons (Fsp3) is 0.667. The molecule has 5 nitrogen and oxygen atoms in total. The molecule has 6 saturated carbocycles. The third-order valence-corrected chi connectivity index (χ3v) is 8.98. The van der Waals surface area contributed by atoms with E-state index in [0.717, 1.165) is 36.2 Å². The zero-order chi connectivity index (χ0) is 20.8. The van der Waals surface area contributed by atoms with Crippen molar-refractivity contribution in [2.45, 2.75) is 62.8 Å². The first-order valence-electron chi connectivity index (χ1n) is 11.3. The molecule has 1 amide bonds. The number of ether oxygens (including phenoxy) is 1. The van der Waals surface area contributed by atoms with Crippen LogP contribution in [-0.2, 0) is 4.79 Å². The number of carbonyl (C=O) groups is 2. The maximum atomic E-state index is 15.0. The molecule has 2 atom stereocenters. The quantitative estimate of drug-likeness (QED) is 0.727. The molecule has 0 aliphatic heterocycles. The lowest BCUT2D eigenvalue weighted by Crippen LogP contribution is -2.44. The van der Waals surface area contributed by atoms with Gasteiger partial charge in [-0.1, -0.05) is 0 Å². The van der Waals surface area contributed by atoms with E-state index in [4.69, 9.17) is 4.74 Å². The first kappa shape index (κ1) is 18.6. The number of nitrogens with zero attached hydrogens (tertiary/aromatic N) is 1. The van der Waals surface area contributed by atoms with Crippen LogP contribution in [0, 0.1) is 29.0 Å². The van der Waals surface area contributed by atoms with Crippen LogP contribution in [0.3, 0.4) is 0 Å². The smallest absolute Gasteiger partial charge is 0.329 e. The topological polar surface area (TPSA) is 66.8 Å². The highest BCUT2D eigenvalue weighted by atomic mass is 19.1. The van der Waals surface area contributed by atoms with E-state index in [2.05, 4.69) is 0 Å². The molecule has 0 heterocycles. The summed E-state index contributed by atoms with van der Waals surface area (Å²) in [4.78, 5) is 25.7. The van der Waals surface area contributed by atoms with E-state index >= 15 is 4.39 Å². The second-order valence-corrected chi connectivity index (χ2v) is 10.6. The number of carboxylic acid groups (broad SMARTS) is 1. The number of likely N-dealkylation sites (N-methyl/N-ethyl adjacent to an activating group) is 1. The molecule has 0 aromatic heterocycles. The summed E-state index contributed by atoms with van der Waals surface area (Å²) in [6, 6.07) is 3.00. The van der Waals surface area contributed by atoms with Crippen molar-refractivity contribution in [3.8, 4) is 5.75 Å². The van der Waals surface area contributed by atoms with Crippen molar-refractivity contribution >= 4 is 11.9 Å². The van der Waals surface area contributed by atoms with Crippen LogP contribution in [0.5, 0.6) is 5.75 Å².